The molecule has 2 heterocycles. The summed E-state index contributed by atoms with van der Waals surface area (Å²) < 4.78 is 5.73. The molecular formula is C20H26ClN3O2. The van der Waals surface area contributed by atoms with E-state index in [2.05, 4.69) is 22.1 Å². The van der Waals surface area contributed by atoms with Gasteiger partial charge in [-0.1, -0.05) is 30.7 Å². The first-order chi connectivity index (χ1) is 12.6. The first kappa shape index (κ1) is 18.9. The van der Waals surface area contributed by atoms with Gasteiger partial charge in [0.25, 0.3) is 0 Å². The third-order valence-corrected chi connectivity index (χ3v) is 5.00. The van der Waals surface area contributed by atoms with Crippen LogP contribution in [0.5, 0.6) is 0 Å². The maximum Gasteiger partial charge on any atom is 0.220 e. The van der Waals surface area contributed by atoms with Crippen LogP contribution in [0.2, 0.25) is 5.02 Å². The summed E-state index contributed by atoms with van der Waals surface area (Å²) in [4.78, 5) is 18.8. The smallest absolute Gasteiger partial charge is 0.220 e. The summed E-state index contributed by atoms with van der Waals surface area (Å²) in [5.41, 5.74) is 0.813. The van der Waals surface area contributed by atoms with Gasteiger partial charge in [0, 0.05) is 31.5 Å². The number of nitrogens with one attached hydrogen (secondary N) is 1. The number of hydrogen-bond acceptors (Lipinski definition) is 4. The number of aromatic nitrogens is 1. The Bertz CT molecular complexity index is 725. The van der Waals surface area contributed by atoms with Gasteiger partial charge in [-0.05, 0) is 44.0 Å². The van der Waals surface area contributed by atoms with Gasteiger partial charge >= 0.3 is 0 Å². The normalized spacial score (nSPS) is 15.9. The van der Waals surface area contributed by atoms with E-state index in [4.69, 9.17) is 16.0 Å². The standard InChI is InChI=1S/C20H26ClN3O2/c1-15(14-24-10-4-5-11-24)12-22-19(25)8-9-20-23-13-18(26-20)16-6-2-3-7-17(16)21/h2-3,6-7,13,15H,4-5,8-12,14H2,1H3,(H,22,25). The Balaban J connectivity index is 1.41. The number of carbonyl (C=O) groups is 1. The Morgan fingerprint density at radius 3 is 2.88 bits per heavy atom. The second kappa shape index (κ2) is 9.19. The van der Waals surface area contributed by atoms with Crippen LogP contribution in [0.3, 0.4) is 0 Å². The Labute approximate surface area is 159 Å². The molecule has 0 bridgehead atoms. The van der Waals surface area contributed by atoms with Gasteiger partial charge in [0.2, 0.25) is 5.91 Å². The second-order valence-electron chi connectivity index (χ2n) is 7.02. The fraction of sp³-hybridized carbons (Fsp3) is 0.500. The van der Waals surface area contributed by atoms with Crippen molar-refractivity contribution in [3.8, 4) is 11.3 Å². The Kier molecular flexibility index (Phi) is 6.69. The van der Waals surface area contributed by atoms with Crippen molar-refractivity contribution in [2.24, 2.45) is 5.92 Å². The topological polar surface area (TPSA) is 58.4 Å². The highest BCUT2D eigenvalue weighted by atomic mass is 35.5. The van der Waals surface area contributed by atoms with Gasteiger partial charge in [0.05, 0.1) is 11.2 Å². The maximum atomic E-state index is 12.1. The number of benzene rings is 1. The van der Waals surface area contributed by atoms with Crippen molar-refractivity contribution < 1.29 is 9.21 Å². The minimum Gasteiger partial charge on any atom is -0.441 e. The van der Waals surface area contributed by atoms with Gasteiger partial charge in [-0.15, -0.1) is 0 Å². The minimum absolute atomic E-state index is 0.0377. The van der Waals surface area contributed by atoms with E-state index in [0.717, 1.165) is 12.1 Å². The molecule has 6 heteroatoms. The molecule has 0 radical (unpaired) electrons. The van der Waals surface area contributed by atoms with E-state index in [0.29, 0.717) is 42.0 Å². The summed E-state index contributed by atoms with van der Waals surface area (Å²) in [5.74, 6) is 1.69. The van der Waals surface area contributed by atoms with Crippen LogP contribution < -0.4 is 5.32 Å². The van der Waals surface area contributed by atoms with Gasteiger partial charge in [0.15, 0.2) is 11.7 Å². The number of nitrogens with zero attached hydrogens (tertiary/aromatic N) is 2. The maximum absolute atomic E-state index is 12.1. The fourth-order valence-electron chi connectivity index (χ4n) is 3.28. The number of aryl methyl sites for hydroxylation is 1. The van der Waals surface area contributed by atoms with Crippen LogP contribution in [0.4, 0.5) is 0 Å². The summed E-state index contributed by atoms with van der Waals surface area (Å²) in [6.07, 6.45) is 5.11. The average molecular weight is 376 g/mol. The highest BCUT2D eigenvalue weighted by Gasteiger charge is 2.15. The van der Waals surface area contributed by atoms with Gasteiger partial charge in [-0.2, -0.15) is 0 Å². The number of amides is 1. The molecular weight excluding hydrogens is 350 g/mol. The van der Waals surface area contributed by atoms with Crippen LogP contribution in [0.1, 0.15) is 32.1 Å². The highest BCUT2D eigenvalue weighted by Crippen LogP contribution is 2.28. The van der Waals surface area contributed by atoms with Crippen molar-refractivity contribution in [3.63, 3.8) is 0 Å². The largest absolute Gasteiger partial charge is 0.441 e. The van der Waals surface area contributed by atoms with E-state index in [1.807, 2.05) is 24.3 Å². The summed E-state index contributed by atoms with van der Waals surface area (Å²) in [6, 6.07) is 7.48. The van der Waals surface area contributed by atoms with E-state index >= 15 is 0 Å². The summed E-state index contributed by atoms with van der Waals surface area (Å²) >= 11 is 6.17. The molecule has 1 atom stereocenters. The quantitative estimate of drug-likeness (QED) is 0.762. The van der Waals surface area contributed by atoms with Crippen molar-refractivity contribution >= 4 is 17.5 Å². The Hall–Kier alpha value is -1.85. The number of rotatable bonds is 8. The molecule has 1 aromatic heterocycles. The Morgan fingerprint density at radius 1 is 1.35 bits per heavy atom. The molecule has 1 unspecified atom stereocenters. The molecule has 1 aliphatic rings. The third kappa shape index (κ3) is 5.32. The average Bonchev–Trinajstić information content (AvgIpc) is 3.30. The lowest BCUT2D eigenvalue weighted by Crippen LogP contribution is -2.34. The van der Waals surface area contributed by atoms with Crippen LogP contribution in [0.25, 0.3) is 11.3 Å². The Morgan fingerprint density at radius 2 is 2.12 bits per heavy atom. The molecule has 3 rings (SSSR count). The number of oxazole rings is 1. The summed E-state index contributed by atoms with van der Waals surface area (Å²) in [6.45, 7) is 6.34. The molecule has 1 fully saturated rings. The van der Waals surface area contributed by atoms with Gasteiger partial charge < -0.3 is 14.6 Å². The molecule has 140 valence electrons. The highest BCUT2D eigenvalue weighted by molar-refractivity contribution is 6.33. The predicted octanol–water partition coefficient (Wildman–Crippen LogP) is 3.78. The second-order valence-corrected chi connectivity index (χ2v) is 7.42. The lowest BCUT2D eigenvalue weighted by atomic mass is 10.1. The van der Waals surface area contributed by atoms with Gasteiger partial charge in [0.1, 0.15) is 0 Å². The van der Waals surface area contributed by atoms with Crippen molar-refractivity contribution in [1.82, 2.24) is 15.2 Å². The van der Waals surface area contributed by atoms with Crippen molar-refractivity contribution in [2.45, 2.75) is 32.6 Å². The monoisotopic (exact) mass is 375 g/mol. The molecule has 0 saturated carbocycles. The SMILES string of the molecule is CC(CNC(=O)CCc1ncc(-c2ccccc2Cl)o1)CN1CCCC1. The molecule has 1 aliphatic heterocycles. The third-order valence-electron chi connectivity index (χ3n) is 4.68. The van der Waals surface area contributed by atoms with E-state index in [9.17, 15) is 4.79 Å². The zero-order chi connectivity index (χ0) is 18.4. The molecule has 1 aromatic carbocycles. The molecule has 1 amide bonds. The van der Waals surface area contributed by atoms with E-state index in [1.54, 1.807) is 6.20 Å². The molecule has 1 saturated heterocycles. The lowest BCUT2D eigenvalue weighted by Gasteiger charge is -2.20. The molecule has 26 heavy (non-hydrogen) atoms. The van der Waals surface area contributed by atoms with Crippen LogP contribution in [0, 0.1) is 5.92 Å². The van der Waals surface area contributed by atoms with E-state index in [-0.39, 0.29) is 5.91 Å². The van der Waals surface area contributed by atoms with Crippen molar-refractivity contribution in [3.05, 3.63) is 41.4 Å². The zero-order valence-electron chi connectivity index (χ0n) is 15.2. The lowest BCUT2D eigenvalue weighted by molar-refractivity contribution is -0.121. The molecule has 0 aliphatic carbocycles. The molecule has 2 aromatic rings. The summed E-state index contributed by atoms with van der Waals surface area (Å²) in [7, 11) is 0. The van der Waals surface area contributed by atoms with Gasteiger partial charge in [-0.3, -0.25) is 4.79 Å². The zero-order valence-corrected chi connectivity index (χ0v) is 16.0. The van der Waals surface area contributed by atoms with E-state index < -0.39 is 0 Å². The van der Waals surface area contributed by atoms with Crippen LogP contribution in [-0.4, -0.2) is 42.0 Å². The minimum atomic E-state index is 0.0377. The van der Waals surface area contributed by atoms with Crippen LogP contribution in [0.15, 0.2) is 34.9 Å². The predicted molar refractivity (Wildman–Crippen MR) is 103 cm³/mol. The number of hydrogen-bond donors (Lipinski definition) is 1. The van der Waals surface area contributed by atoms with E-state index in [1.165, 1.54) is 25.9 Å². The first-order valence-corrected chi connectivity index (χ1v) is 9.68. The van der Waals surface area contributed by atoms with Crippen LogP contribution >= 0.6 is 11.6 Å². The number of carbonyl (C=O) groups excluding carboxylic acids is 1. The number of halogens is 1. The molecule has 1 N–H and O–H groups in total. The van der Waals surface area contributed by atoms with Gasteiger partial charge in [-0.25, -0.2) is 4.98 Å². The van der Waals surface area contributed by atoms with Crippen molar-refractivity contribution in [1.29, 1.82) is 0 Å². The van der Waals surface area contributed by atoms with Crippen LogP contribution in [-0.2, 0) is 11.2 Å². The number of likely N-dealkylation sites (tertiary alicyclic amines) is 1. The molecule has 5 nitrogen and oxygen atoms in total. The fourth-order valence-corrected chi connectivity index (χ4v) is 3.51. The molecule has 0 spiro atoms. The first-order valence-electron chi connectivity index (χ1n) is 9.30. The summed E-state index contributed by atoms with van der Waals surface area (Å²) in [5, 5.41) is 3.64. The van der Waals surface area contributed by atoms with Crippen molar-refractivity contribution in [2.75, 3.05) is 26.2 Å².